The minimum absolute atomic E-state index is 0.380. The molecular formula is C16H19F2N5. The van der Waals surface area contributed by atoms with Crippen LogP contribution in [0, 0.1) is 18.6 Å². The van der Waals surface area contributed by atoms with Crippen LogP contribution in [0.15, 0.2) is 24.3 Å². The molecule has 0 amide bonds. The van der Waals surface area contributed by atoms with E-state index < -0.39 is 11.6 Å². The highest BCUT2D eigenvalue weighted by molar-refractivity contribution is 5.55. The molecule has 1 fully saturated rings. The van der Waals surface area contributed by atoms with Gasteiger partial charge in [0, 0.05) is 49.7 Å². The number of nitrogens with zero attached hydrogens (tertiary/aromatic N) is 4. The van der Waals surface area contributed by atoms with E-state index in [1.807, 2.05) is 13.0 Å². The molecule has 122 valence electrons. The highest BCUT2D eigenvalue weighted by Gasteiger charge is 2.16. The van der Waals surface area contributed by atoms with Gasteiger partial charge in [0.15, 0.2) is 11.6 Å². The SMILES string of the molecule is Cc1cc(N2CCN(C)CC2)nc(Nc2ccc(F)c(F)c2)n1. The summed E-state index contributed by atoms with van der Waals surface area (Å²) in [6.45, 7) is 5.65. The third kappa shape index (κ3) is 3.73. The number of aryl methyl sites for hydroxylation is 1. The fraction of sp³-hybridized carbons (Fsp3) is 0.375. The summed E-state index contributed by atoms with van der Waals surface area (Å²) in [6, 6.07) is 5.56. The van der Waals surface area contributed by atoms with Gasteiger partial charge < -0.3 is 15.1 Å². The maximum atomic E-state index is 13.3. The zero-order valence-corrected chi connectivity index (χ0v) is 13.2. The molecule has 2 heterocycles. The van der Waals surface area contributed by atoms with E-state index in [2.05, 4.69) is 32.1 Å². The average molecular weight is 319 g/mol. The standard InChI is InChI=1S/C16H19F2N5/c1-11-9-15(23-7-5-22(2)6-8-23)21-16(19-11)20-12-3-4-13(17)14(18)10-12/h3-4,9-10H,5-8H2,1-2H3,(H,19,20,21). The monoisotopic (exact) mass is 319 g/mol. The maximum Gasteiger partial charge on any atom is 0.229 e. The number of piperazine rings is 1. The van der Waals surface area contributed by atoms with Crippen molar-refractivity contribution in [3.63, 3.8) is 0 Å². The van der Waals surface area contributed by atoms with Crippen molar-refractivity contribution >= 4 is 17.5 Å². The lowest BCUT2D eigenvalue weighted by Gasteiger charge is -2.33. The second-order valence-corrected chi connectivity index (χ2v) is 5.74. The predicted octanol–water partition coefficient (Wildman–Crippen LogP) is 2.56. The van der Waals surface area contributed by atoms with E-state index in [0.717, 1.165) is 49.8 Å². The number of halogens is 2. The first-order valence-electron chi connectivity index (χ1n) is 7.52. The first-order chi connectivity index (χ1) is 11.0. The Bertz CT molecular complexity index is 699. The van der Waals surface area contributed by atoms with Gasteiger partial charge in [0.2, 0.25) is 5.95 Å². The van der Waals surface area contributed by atoms with E-state index in [-0.39, 0.29) is 0 Å². The van der Waals surface area contributed by atoms with Crippen LogP contribution in [0.5, 0.6) is 0 Å². The first kappa shape index (κ1) is 15.6. The Kier molecular flexibility index (Phi) is 4.38. The molecule has 0 unspecified atom stereocenters. The lowest BCUT2D eigenvalue weighted by molar-refractivity contribution is 0.312. The van der Waals surface area contributed by atoms with Gasteiger partial charge in [-0.05, 0) is 26.1 Å². The molecule has 2 aromatic rings. The van der Waals surface area contributed by atoms with Gasteiger partial charge in [-0.2, -0.15) is 4.98 Å². The molecule has 3 rings (SSSR count). The summed E-state index contributed by atoms with van der Waals surface area (Å²) in [5.74, 6) is -0.554. The van der Waals surface area contributed by atoms with Crippen molar-refractivity contribution in [1.82, 2.24) is 14.9 Å². The third-order valence-corrected chi connectivity index (χ3v) is 3.84. The molecule has 0 atom stereocenters. The minimum atomic E-state index is -0.901. The quantitative estimate of drug-likeness (QED) is 0.942. The summed E-state index contributed by atoms with van der Waals surface area (Å²) in [6.07, 6.45) is 0. The van der Waals surface area contributed by atoms with Crippen LogP contribution in [-0.2, 0) is 0 Å². The molecule has 1 aromatic carbocycles. The Morgan fingerprint density at radius 3 is 2.43 bits per heavy atom. The van der Waals surface area contributed by atoms with Gasteiger partial charge in [-0.25, -0.2) is 13.8 Å². The topological polar surface area (TPSA) is 44.3 Å². The van der Waals surface area contributed by atoms with Crippen LogP contribution >= 0.6 is 0 Å². The maximum absolute atomic E-state index is 13.3. The van der Waals surface area contributed by atoms with E-state index in [0.29, 0.717) is 11.6 Å². The van der Waals surface area contributed by atoms with Gasteiger partial charge in [0.25, 0.3) is 0 Å². The molecule has 0 bridgehead atoms. The summed E-state index contributed by atoms with van der Waals surface area (Å²) in [7, 11) is 2.10. The summed E-state index contributed by atoms with van der Waals surface area (Å²) in [5.41, 5.74) is 1.23. The number of benzene rings is 1. The molecule has 23 heavy (non-hydrogen) atoms. The first-order valence-corrected chi connectivity index (χ1v) is 7.52. The molecule has 0 radical (unpaired) electrons. The van der Waals surface area contributed by atoms with Crippen LogP contribution in [-0.4, -0.2) is 48.1 Å². The normalized spacial score (nSPS) is 15.7. The van der Waals surface area contributed by atoms with Crippen LogP contribution in [0.1, 0.15) is 5.69 Å². The fourth-order valence-electron chi connectivity index (χ4n) is 2.51. The van der Waals surface area contributed by atoms with Gasteiger partial charge >= 0.3 is 0 Å². The van der Waals surface area contributed by atoms with Crippen LogP contribution in [0.4, 0.5) is 26.2 Å². The van der Waals surface area contributed by atoms with E-state index in [4.69, 9.17) is 0 Å². The van der Waals surface area contributed by atoms with Gasteiger partial charge in [0.1, 0.15) is 5.82 Å². The molecule has 5 nitrogen and oxygen atoms in total. The molecule has 1 saturated heterocycles. The zero-order chi connectivity index (χ0) is 16.4. The molecule has 0 aliphatic carbocycles. The molecular weight excluding hydrogens is 300 g/mol. The summed E-state index contributed by atoms with van der Waals surface area (Å²) in [4.78, 5) is 13.3. The molecule has 1 aromatic heterocycles. The molecule has 1 aliphatic rings. The van der Waals surface area contributed by atoms with E-state index in [1.54, 1.807) is 0 Å². The number of anilines is 3. The third-order valence-electron chi connectivity index (χ3n) is 3.84. The van der Waals surface area contributed by atoms with Crippen LogP contribution in [0.25, 0.3) is 0 Å². The van der Waals surface area contributed by atoms with Crippen molar-refractivity contribution in [1.29, 1.82) is 0 Å². The Morgan fingerprint density at radius 1 is 1.00 bits per heavy atom. The van der Waals surface area contributed by atoms with E-state index >= 15 is 0 Å². The van der Waals surface area contributed by atoms with Crippen molar-refractivity contribution in [3.05, 3.63) is 41.6 Å². The molecule has 7 heteroatoms. The number of hydrogen-bond acceptors (Lipinski definition) is 5. The van der Waals surface area contributed by atoms with E-state index in [1.165, 1.54) is 6.07 Å². The van der Waals surface area contributed by atoms with Crippen molar-refractivity contribution in [2.75, 3.05) is 43.4 Å². The summed E-state index contributed by atoms with van der Waals surface area (Å²) < 4.78 is 26.3. The Hall–Kier alpha value is -2.28. The number of hydrogen-bond donors (Lipinski definition) is 1. The Morgan fingerprint density at radius 2 is 1.74 bits per heavy atom. The largest absolute Gasteiger partial charge is 0.354 e. The highest BCUT2D eigenvalue weighted by Crippen LogP contribution is 2.20. The Labute approximate surface area is 134 Å². The second kappa shape index (κ2) is 6.45. The van der Waals surface area contributed by atoms with Crippen LogP contribution < -0.4 is 10.2 Å². The number of aromatic nitrogens is 2. The summed E-state index contributed by atoms with van der Waals surface area (Å²) in [5, 5.41) is 2.94. The molecule has 0 saturated carbocycles. The average Bonchev–Trinajstić information content (AvgIpc) is 2.51. The molecule has 0 spiro atoms. The lowest BCUT2D eigenvalue weighted by Crippen LogP contribution is -2.44. The van der Waals surface area contributed by atoms with Gasteiger partial charge in [-0.1, -0.05) is 0 Å². The zero-order valence-electron chi connectivity index (χ0n) is 13.2. The molecule has 1 N–H and O–H groups in total. The van der Waals surface area contributed by atoms with Gasteiger partial charge in [-0.3, -0.25) is 0 Å². The number of nitrogens with one attached hydrogen (secondary N) is 1. The minimum Gasteiger partial charge on any atom is -0.354 e. The smallest absolute Gasteiger partial charge is 0.229 e. The van der Waals surface area contributed by atoms with Crippen molar-refractivity contribution in [2.24, 2.45) is 0 Å². The highest BCUT2D eigenvalue weighted by atomic mass is 19.2. The second-order valence-electron chi connectivity index (χ2n) is 5.74. The van der Waals surface area contributed by atoms with Crippen LogP contribution in [0.2, 0.25) is 0 Å². The lowest BCUT2D eigenvalue weighted by atomic mass is 10.3. The Balaban J connectivity index is 1.81. The van der Waals surface area contributed by atoms with Crippen molar-refractivity contribution in [3.8, 4) is 0 Å². The van der Waals surface area contributed by atoms with Crippen LogP contribution in [0.3, 0.4) is 0 Å². The van der Waals surface area contributed by atoms with Crippen molar-refractivity contribution < 1.29 is 8.78 Å². The van der Waals surface area contributed by atoms with E-state index in [9.17, 15) is 8.78 Å². The van der Waals surface area contributed by atoms with Gasteiger partial charge in [0.05, 0.1) is 0 Å². The number of likely N-dealkylation sites (N-methyl/N-ethyl adjacent to an activating group) is 1. The van der Waals surface area contributed by atoms with Crippen molar-refractivity contribution in [2.45, 2.75) is 6.92 Å². The molecule has 1 aliphatic heterocycles. The number of rotatable bonds is 3. The summed E-state index contributed by atoms with van der Waals surface area (Å²) >= 11 is 0. The van der Waals surface area contributed by atoms with Gasteiger partial charge in [-0.15, -0.1) is 0 Å². The fourth-order valence-corrected chi connectivity index (χ4v) is 2.51. The predicted molar refractivity (Wildman–Crippen MR) is 86.1 cm³/mol.